The van der Waals surface area contributed by atoms with Crippen molar-refractivity contribution in [2.75, 3.05) is 13.1 Å². The second-order valence-electron chi connectivity index (χ2n) is 4.75. The Morgan fingerprint density at radius 1 is 1.32 bits per heavy atom. The van der Waals surface area contributed by atoms with Crippen molar-refractivity contribution in [2.45, 2.75) is 25.4 Å². The molecular formula is C13H16Cl2N2O2. The summed E-state index contributed by atoms with van der Waals surface area (Å²) in [6.45, 7) is 2.58. The molecule has 1 heterocycles. The van der Waals surface area contributed by atoms with Gasteiger partial charge in [0, 0.05) is 25.7 Å². The van der Waals surface area contributed by atoms with Gasteiger partial charge in [-0.2, -0.15) is 0 Å². The van der Waals surface area contributed by atoms with Crippen LogP contribution in [0.1, 0.15) is 18.4 Å². The van der Waals surface area contributed by atoms with E-state index < -0.39 is 6.09 Å². The van der Waals surface area contributed by atoms with Crippen molar-refractivity contribution in [3.05, 3.63) is 33.8 Å². The van der Waals surface area contributed by atoms with Crippen LogP contribution in [0.4, 0.5) is 4.79 Å². The number of hydrogen-bond acceptors (Lipinski definition) is 2. The lowest BCUT2D eigenvalue weighted by atomic mass is 10.0. The monoisotopic (exact) mass is 302 g/mol. The number of carbonyl (C=O) groups is 1. The maximum Gasteiger partial charge on any atom is 0.404 e. The van der Waals surface area contributed by atoms with Gasteiger partial charge in [-0.3, -0.25) is 4.90 Å². The fourth-order valence-corrected chi connectivity index (χ4v) is 2.63. The molecule has 1 aromatic carbocycles. The maximum absolute atomic E-state index is 10.6. The Balaban J connectivity index is 1.85. The standard InChI is InChI=1S/C13H16Cl2N2O2/c14-11-2-1-9(7-12(11)15)8-17-5-3-10(4-6-17)16-13(18)19/h1-2,7,10,16H,3-6,8H2,(H,18,19). The van der Waals surface area contributed by atoms with Crippen LogP contribution in [0.15, 0.2) is 18.2 Å². The Morgan fingerprint density at radius 2 is 2.00 bits per heavy atom. The fourth-order valence-electron chi connectivity index (χ4n) is 2.31. The second-order valence-corrected chi connectivity index (χ2v) is 5.56. The molecule has 1 amide bonds. The van der Waals surface area contributed by atoms with Crippen LogP contribution in [0.3, 0.4) is 0 Å². The molecule has 0 bridgehead atoms. The number of piperidine rings is 1. The molecule has 1 aromatic rings. The Bertz CT molecular complexity index is 460. The molecular weight excluding hydrogens is 287 g/mol. The summed E-state index contributed by atoms with van der Waals surface area (Å²) >= 11 is 11.9. The van der Waals surface area contributed by atoms with Crippen molar-refractivity contribution < 1.29 is 9.90 Å². The highest BCUT2D eigenvalue weighted by atomic mass is 35.5. The molecule has 0 atom stereocenters. The maximum atomic E-state index is 10.6. The Morgan fingerprint density at radius 3 is 2.58 bits per heavy atom. The van der Waals surface area contributed by atoms with Crippen molar-refractivity contribution in [3.8, 4) is 0 Å². The number of carboxylic acid groups (broad SMARTS) is 1. The van der Waals surface area contributed by atoms with E-state index in [1.165, 1.54) is 0 Å². The first-order chi connectivity index (χ1) is 9.04. The summed E-state index contributed by atoms with van der Waals surface area (Å²) in [6.07, 6.45) is 0.740. The third-order valence-corrected chi connectivity index (χ3v) is 4.04. The Labute approximate surface area is 122 Å². The minimum absolute atomic E-state index is 0.0718. The molecule has 4 nitrogen and oxygen atoms in total. The summed E-state index contributed by atoms with van der Waals surface area (Å²) in [6, 6.07) is 5.72. The number of benzene rings is 1. The highest BCUT2D eigenvalue weighted by Crippen LogP contribution is 2.24. The molecule has 104 valence electrons. The average Bonchev–Trinajstić information content (AvgIpc) is 2.36. The van der Waals surface area contributed by atoms with E-state index in [4.69, 9.17) is 28.3 Å². The summed E-state index contributed by atoms with van der Waals surface area (Å²) in [5.74, 6) is 0. The number of amides is 1. The van der Waals surface area contributed by atoms with Gasteiger partial charge in [0.25, 0.3) is 0 Å². The largest absolute Gasteiger partial charge is 0.465 e. The third kappa shape index (κ3) is 4.27. The molecule has 2 rings (SSSR count). The minimum atomic E-state index is -0.942. The Hall–Kier alpha value is -0.970. The first-order valence-corrected chi connectivity index (χ1v) is 6.96. The normalized spacial score (nSPS) is 17.4. The van der Waals surface area contributed by atoms with Gasteiger partial charge >= 0.3 is 6.09 Å². The number of hydrogen-bond donors (Lipinski definition) is 2. The van der Waals surface area contributed by atoms with E-state index in [-0.39, 0.29) is 6.04 Å². The lowest BCUT2D eigenvalue weighted by Crippen LogP contribution is -2.43. The van der Waals surface area contributed by atoms with Gasteiger partial charge in [-0.05, 0) is 30.5 Å². The van der Waals surface area contributed by atoms with E-state index in [1.54, 1.807) is 6.07 Å². The summed E-state index contributed by atoms with van der Waals surface area (Å²) in [7, 11) is 0. The van der Waals surface area contributed by atoms with E-state index in [1.807, 2.05) is 12.1 Å². The fraction of sp³-hybridized carbons (Fsp3) is 0.462. The van der Waals surface area contributed by atoms with Crippen LogP contribution in [0.25, 0.3) is 0 Å². The first-order valence-electron chi connectivity index (χ1n) is 6.20. The summed E-state index contributed by atoms with van der Waals surface area (Å²) < 4.78 is 0. The topological polar surface area (TPSA) is 52.6 Å². The molecule has 0 spiro atoms. The van der Waals surface area contributed by atoms with Crippen LogP contribution in [-0.4, -0.2) is 35.2 Å². The molecule has 1 aliphatic heterocycles. The molecule has 1 aliphatic rings. The van der Waals surface area contributed by atoms with Crippen LogP contribution < -0.4 is 5.32 Å². The van der Waals surface area contributed by atoms with Gasteiger partial charge < -0.3 is 10.4 Å². The van der Waals surface area contributed by atoms with E-state index in [2.05, 4.69) is 10.2 Å². The first kappa shape index (κ1) is 14.4. The van der Waals surface area contributed by atoms with Crippen molar-refractivity contribution in [2.24, 2.45) is 0 Å². The predicted octanol–water partition coefficient (Wildman–Crippen LogP) is 3.23. The van der Waals surface area contributed by atoms with Crippen molar-refractivity contribution in [1.29, 1.82) is 0 Å². The highest BCUT2D eigenvalue weighted by molar-refractivity contribution is 6.42. The lowest BCUT2D eigenvalue weighted by molar-refractivity contribution is 0.165. The minimum Gasteiger partial charge on any atom is -0.465 e. The molecule has 0 aromatic heterocycles. The van der Waals surface area contributed by atoms with Gasteiger partial charge in [0.1, 0.15) is 0 Å². The van der Waals surface area contributed by atoms with Crippen molar-refractivity contribution in [3.63, 3.8) is 0 Å². The van der Waals surface area contributed by atoms with Crippen LogP contribution in [0.5, 0.6) is 0 Å². The molecule has 6 heteroatoms. The second kappa shape index (κ2) is 6.46. The third-order valence-electron chi connectivity index (χ3n) is 3.31. The average molecular weight is 303 g/mol. The number of nitrogens with zero attached hydrogens (tertiary/aromatic N) is 1. The smallest absolute Gasteiger partial charge is 0.404 e. The summed E-state index contributed by atoms with van der Waals surface area (Å²) in [4.78, 5) is 12.8. The SMILES string of the molecule is O=C(O)NC1CCN(Cc2ccc(Cl)c(Cl)c2)CC1. The van der Waals surface area contributed by atoms with Crippen LogP contribution in [0, 0.1) is 0 Å². The van der Waals surface area contributed by atoms with Gasteiger partial charge in [-0.15, -0.1) is 0 Å². The molecule has 0 aliphatic carbocycles. The number of rotatable bonds is 3. The predicted molar refractivity (Wildman–Crippen MR) is 75.9 cm³/mol. The quantitative estimate of drug-likeness (QED) is 0.901. The number of nitrogens with one attached hydrogen (secondary N) is 1. The zero-order chi connectivity index (χ0) is 13.8. The molecule has 0 saturated carbocycles. The zero-order valence-corrected chi connectivity index (χ0v) is 11.9. The van der Waals surface area contributed by atoms with Gasteiger partial charge in [0.2, 0.25) is 0 Å². The van der Waals surface area contributed by atoms with E-state index in [0.717, 1.165) is 38.0 Å². The molecule has 1 saturated heterocycles. The van der Waals surface area contributed by atoms with Crippen molar-refractivity contribution >= 4 is 29.3 Å². The van der Waals surface area contributed by atoms with Crippen LogP contribution >= 0.6 is 23.2 Å². The van der Waals surface area contributed by atoms with Crippen LogP contribution in [0.2, 0.25) is 10.0 Å². The zero-order valence-electron chi connectivity index (χ0n) is 10.4. The summed E-state index contributed by atoms with van der Waals surface area (Å²) in [5, 5.41) is 12.3. The molecule has 0 unspecified atom stereocenters. The molecule has 19 heavy (non-hydrogen) atoms. The number of halogens is 2. The van der Waals surface area contributed by atoms with Gasteiger partial charge in [-0.1, -0.05) is 29.3 Å². The van der Waals surface area contributed by atoms with E-state index in [0.29, 0.717) is 10.0 Å². The molecule has 2 N–H and O–H groups in total. The number of likely N-dealkylation sites (tertiary alicyclic amines) is 1. The van der Waals surface area contributed by atoms with Gasteiger partial charge in [0.15, 0.2) is 0 Å². The van der Waals surface area contributed by atoms with Gasteiger partial charge in [-0.25, -0.2) is 4.79 Å². The molecule has 1 fully saturated rings. The van der Waals surface area contributed by atoms with E-state index >= 15 is 0 Å². The van der Waals surface area contributed by atoms with E-state index in [9.17, 15) is 4.79 Å². The van der Waals surface area contributed by atoms with Gasteiger partial charge in [0.05, 0.1) is 10.0 Å². The lowest BCUT2D eigenvalue weighted by Gasteiger charge is -2.31. The van der Waals surface area contributed by atoms with Crippen molar-refractivity contribution in [1.82, 2.24) is 10.2 Å². The highest BCUT2D eigenvalue weighted by Gasteiger charge is 2.20. The molecule has 0 radical (unpaired) electrons. The Kier molecular flexibility index (Phi) is 4.91. The summed E-state index contributed by atoms with van der Waals surface area (Å²) in [5.41, 5.74) is 1.12. The van der Waals surface area contributed by atoms with Crippen LogP contribution in [-0.2, 0) is 6.54 Å².